The van der Waals surface area contributed by atoms with Gasteiger partial charge < -0.3 is 10.6 Å². The lowest BCUT2D eigenvalue weighted by molar-refractivity contribution is 0.101. The van der Waals surface area contributed by atoms with E-state index in [-0.39, 0.29) is 11.8 Å². The van der Waals surface area contributed by atoms with Gasteiger partial charge in [-0.15, -0.1) is 0 Å². The van der Waals surface area contributed by atoms with Crippen LogP contribution in [-0.2, 0) is 0 Å². The standard InChI is InChI=1S/C19H16N2O2/c1-13(22)15-7-4-8-17(11-15)20-19(23)21-18-10-9-14-5-2-3-6-16(14)12-18/h2-12H,1H3,(H2,20,21,23). The molecule has 0 radical (unpaired) electrons. The number of anilines is 2. The van der Waals surface area contributed by atoms with Crippen LogP contribution in [0.5, 0.6) is 0 Å². The molecule has 2 amide bonds. The minimum absolute atomic E-state index is 0.0383. The fraction of sp³-hybridized carbons (Fsp3) is 0.0526. The van der Waals surface area contributed by atoms with Crippen LogP contribution in [0.3, 0.4) is 0 Å². The van der Waals surface area contributed by atoms with E-state index < -0.39 is 0 Å². The van der Waals surface area contributed by atoms with Gasteiger partial charge >= 0.3 is 6.03 Å². The summed E-state index contributed by atoms with van der Waals surface area (Å²) in [6.07, 6.45) is 0. The molecule has 0 aliphatic heterocycles. The van der Waals surface area contributed by atoms with E-state index in [9.17, 15) is 9.59 Å². The highest BCUT2D eigenvalue weighted by atomic mass is 16.2. The van der Waals surface area contributed by atoms with Crippen LogP contribution < -0.4 is 10.6 Å². The summed E-state index contributed by atoms with van der Waals surface area (Å²) >= 11 is 0. The molecule has 3 aromatic rings. The van der Waals surface area contributed by atoms with Gasteiger partial charge in [0, 0.05) is 16.9 Å². The highest BCUT2D eigenvalue weighted by Gasteiger charge is 2.05. The van der Waals surface area contributed by atoms with Gasteiger partial charge in [0.1, 0.15) is 0 Å². The van der Waals surface area contributed by atoms with Crippen LogP contribution in [0.4, 0.5) is 16.2 Å². The molecule has 0 atom stereocenters. The van der Waals surface area contributed by atoms with Gasteiger partial charge in [0.25, 0.3) is 0 Å². The molecule has 0 aliphatic rings. The lowest BCUT2D eigenvalue weighted by Gasteiger charge is -2.09. The normalized spacial score (nSPS) is 10.3. The maximum Gasteiger partial charge on any atom is 0.323 e. The lowest BCUT2D eigenvalue weighted by atomic mass is 10.1. The molecule has 4 heteroatoms. The lowest BCUT2D eigenvalue weighted by Crippen LogP contribution is -2.19. The number of benzene rings is 3. The minimum Gasteiger partial charge on any atom is -0.308 e. The second-order valence-corrected chi connectivity index (χ2v) is 5.28. The third-order valence-corrected chi connectivity index (χ3v) is 3.53. The Balaban J connectivity index is 1.73. The van der Waals surface area contributed by atoms with Gasteiger partial charge in [0.05, 0.1) is 0 Å². The number of Topliss-reactive ketones (excluding diaryl/α,β-unsaturated/α-hetero) is 1. The Morgan fingerprint density at radius 2 is 1.43 bits per heavy atom. The van der Waals surface area contributed by atoms with Crippen LogP contribution in [0.1, 0.15) is 17.3 Å². The Labute approximate surface area is 134 Å². The zero-order chi connectivity index (χ0) is 16.2. The number of ketones is 1. The van der Waals surface area contributed by atoms with Crippen molar-refractivity contribution in [1.82, 2.24) is 0 Å². The highest BCUT2D eigenvalue weighted by molar-refractivity contribution is 6.02. The van der Waals surface area contributed by atoms with E-state index in [4.69, 9.17) is 0 Å². The van der Waals surface area contributed by atoms with E-state index in [0.29, 0.717) is 16.9 Å². The van der Waals surface area contributed by atoms with Crippen LogP contribution in [0.2, 0.25) is 0 Å². The van der Waals surface area contributed by atoms with Crippen molar-refractivity contribution in [3.05, 3.63) is 72.3 Å². The number of rotatable bonds is 3. The zero-order valence-electron chi connectivity index (χ0n) is 12.7. The van der Waals surface area contributed by atoms with Gasteiger partial charge in [0.15, 0.2) is 5.78 Å². The number of amides is 2. The van der Waals surface area contributed by atoms with Gasteiger partial charge in [0.2, 0.25) is 0 Å². The molecular formula is C19H16N2O2. The van der Waals surface area contributed by atoms with Crippen molar-refractivity contribution in [3.63, 3.8) is 0 Å². The number of carbonyl (C=O) groups is 2. The van der Waals surface area contributed by atoms with Gasteiger partial charge in [-0.25, -0.2) is 4.79 Å². The first-order valence-corrected chi connectivity index (χ1v) is 7.29. The van der Waals surface area contributed by atoms with Crippen LogP contribution in [0.15, 0.2) is 66.7 Å². The molecule has 3 rings (SSSR count). The molecule has 0 heterocycles. The second kappa shape index (κ2) is 6.32. The van der Waals surface area contributed by atoms with Crippen molar-refractivity contribution >= 4 is 34.0 Å². The van der Waals surface area contributed by atoms with Gasteiger partial charge in [-0.3, -0.25) is 4.79 Å². The molecule has 0 saturated carbocycles. The molecule has 0 bridgehead atoms. The predicted molar refractivity (Wildman–Crippen MR) is 93.0 cm³/mol. The van der Waals surface area contributed by atoms with Crippen molar-refractivity contribution < 1.29 is 9.59 Å². The quantitative estimate of drug-likeness (QED) is 0.690. The van der Waals surface area contributed by atoms with E-state index in [1.165, 1.54) is 6.92 Å². The van der Waals surface area contributed by atoms with Crippen molar-refractivity contribution in [2.24, 2.45) is 0 Å². The van der Waals surface area contributed by atoms with Crippen LogP contribution in [0.25, 0.3) is 10.8 Å². The number of fused-ring (bicyclic) bond motifs is 1. The Kier molecular flexibility index (Phi) is 4.06. The molecular weight excluding hydrogens is 288 g/mol. The molecule has 0 saturated heterocycles. The SMILES string of the molecule is CC(=O)c1cccc(NC(=O)Nc2ccc3ccccc3c2)c1. The van der Waals surface area contributed by atoms with Crippen LogP contribution in [-0.4, -0.2) is 11.8 Å². The van der Waals surface area contributed by atoms with Crippen molar-refractivity contribution in [2.75, 3.05) is 10.6 Å². The van der Waals surface area contributed by atoms with Gasteiger partial charge in [-0.05, 0) is 42.0 Å². The van der Waals surface area contributed by atoms with Gasteiger partial charge in [-0.2, -0.15) is 0 Å². The highest BCUT2D eigenvalue weighted by Crippen LogP contribution is 2.19. The van der Waals surface area contributed by atoms with E-state index in [1.54, 1.807) is 24.3 Å². The third-order valence-electron chi connectivity index (χ3n) is 3.53. The average molecular weight is 304 g/mol. The summed E-state index contributed by atoms with van der Waals surface area (Å²) < 4.78 is 0. The van der Waals surface area contributed by atoms with Crippen LogP contribution >= 0.6 is 0 Å². The maximum atomic E-state index is 12.1. The smallest absolute Gasteiger partial charge is 0.308 e. The molecule has 0 aromatic heterocycles. The Morgan fingerprint density at radius 1 is 0.739 bits per heavy atom. The minimum atomic E-state index is -0.346. The first-order valence-electron chi connectivity index (χ1n) is 7.29. The largest absolute Gasteiger partial charge is 0.323 e. The summed E-state index contributed by atoms with van der Waals surface area (Å²) in [6, 6.07) is 20.2. The molecule has 0 unspecified atom stereocenters. The Hall–Kier alpha value is -3.14. The van der Waals surface area contributed by atoms with Gasteiger partial charge in [-0.1, -0.05) is 42.5 Å². The summed E-state index contributed by atoms with van der Waals surface area (Å²) in [5.74, 6) is -0.0383. The first-order chi connectivity index (χ1) is 11.1. The summed E-state index contributed by atoms with van der Waals surface area (Å²) in [5, 5.41) is 7.71. The molecule has 23 heavy (non-hydrogen) atoms. The fourth-order valence-corrected chi connectivity index (χ4v) is 2.38. The van der Waals surface area contributed by atoms with Crippen molar-refractivity contribution in [2.45, 2.75) is 6.92 Å². The Bertz CT molecular complexity index is 887. The Morgan fingerprint density at radius 3 is 2.17 bits per heavy atom. The molecule has 0 spiro atoms. The van der Waals surface area contributed by atoms with E-state index in [0.717, 1.165) is 10.8 Å². The molecule has 2 N–H and O–H groups in total. The van der Waals surface area contributed by atoms with Crippen molar-refractivity contribution in [1.29, 1.82) is 0 Å². The first kappa shape index (κ1) is 14.8. The molecule has 114 valence electrons. The number of hydrogen-bond donors (Lipinski definition) is 2. The molecule has 0 fully saturated rings. The number of carbonyl (C=O) groups excluding carboxylic acids is 2. The molecule has 3 aromatic carbocycles. The van der Waals surface area contributed by atoms with E-state index in [1.807, 2.05) is 42.5 Å². The predicted octanol–water partition coefficient (Wildman–Crippen LogP) is 4.69. The average Bonchev–Trinajstić information content (AvgIpc) is 2.55. The topological polar surface area (TPSA) is 58.2 Å². The summed E-state index contributed by atoms with van der Waals surface area (Å²) in [4.78, 5) is 23.5. The second-order valence-electron chi connectivity index (χ2n) is 5.28. The zero-order valence-corrected chi connectivity index (χ0v) is 12.7. The van der Waals surface area contributed by atoms with E-state index >= 15 is 0 Å². The fourth-order valence-electron chi connectivity index (χ4n) is 2.38. The summed E-state index contributed by atoms with van der Waals surface area (Å²) in [5.41, 5.74) is 1.86. The van der Waals surface area contributed by atoms with Crippen molar-refractivity contribution in [3.8, 4) is 0 Å². The summed E-state index contributed by atoms with van der Waals surface area (Å²) in [7, 11) is 0. The van der Waals surface area contributed by atoms with Crippen LogP contribution in [0, 0.1) is 0 Å². The molecule has 0 aliphatic carbocycles. The van der Waals surface area contributed by atoms with E-state index in [2.05, 4.69) is 10.6 Å². The molecule has 4 nitrogen and oxygen atoms in total. The monoisotopic (exact) mass is 304 g/mol. The maximum absolute atomic E-state index is 12.1. The number of nitrogens with one attached hydrogen (secondary N) is 2. The number of hydrogen-bond acceptors (Lipinski definition) is 2. The number of urea groups is 1. The summed E-state index contributed by atoms with van der Waals surface area (Å²) in [6.45, 7) is 1.49. The third kappa shape index (κ3) is 3.55.